The molecule has 0 amide bonds. The average molecular weight is 221 g/mol. The zero-order valence-electron chi connectivity index (χ0n) is 9.22. The fraction of sp³-hybridized carbons (Fsp3) is 0.417. The second-order valence-corrected chi connectivity index (χ2v) is 3.82. The number of hydrogen-bond donors (Lipinski definition) is 1. The van der Waals surface area contributed by atoms with Crippen molar-refractivity contribution < 1.29 is 14.7 Å². The van der Waals surface area contributed by atoms with Crippen molar-refractivity contribution >= 4 is 5.71 Å². The third-order valence-electron chi connectivity index (χ3n) is 2.59. The summed E-state index contributed by atoms with van der Waals surface area (Å²) in [5, 5.41) is 11.9. The van der Waals surface area contributed by atoms with Gasteiger partial charge in [-0.3, -0.25) is 0 Å². The summed E-state index contributed by atoms with van der Waals surface area (Å²) in [6.45, 7) is 3.16. The molecule has 86 valence electrons. The van der Waals surface area contributed by atoms with Crippen molar-refractivity contribution in [2.45, 2.75) is 19.4 Å². The van der Waals surface area contributed by atoms with Crippen molar-refractivity contribution in [1.82, 2.24) is 0 Å². The summed E-state index contributed by atoms with van der Waals surface area (Å²) in [4.78, 5) is 0. The van der Waals surface area contributed by atoms with Gasteiger partial charge in [0.1, 0.15) is 11.9 Å². The van der Waals surface area contributed by atoms with E-state index in [1.807, 2.05) is 24.3 Å². The molecule has 1 heterocycles. The molecule has 0 radical (unpaired) electrons. The lowest BCUT2D eigenvalue weighted by Gasteiger charge is -2.12. The lowest BCUT2D eigenvalue weighted by Crippen LogP contribution is -2.15. The zero-order valence-corrected chi connectivity index (χ0v) is 9.22. The Morgan fingerprint density at radius 2 is 2.44 bits per heavy atom. The van der Waals surface area contributed by atoms with Gasteiger partial charge in [0.25, 0.3) is 0 Å². The van der Waals surface area contributed by atoms with Gasteiger partial charge < -0.3 is 14.7 Å². The van der Waals surface area contributed by atoms with Crippen LogP contribution in [0.2, 0.25) is 0 Å². The standard InChI is InChI=1S/C12H15NO3/c1-9(13-14)10-3-2-4-11(7-10)16-12-5-6-15-8-12/h2-4,7,12,14H,5-6,8H2,1H3. The maximum atomic E-state index is 8.69. The first-order chi connectivity index (χ1) is 7.79. The van der Waals surface area contributed by atoms with Crippen LogP contribution in [-0.2, 0) is 4.74 Å². The first kappa shape index (κ1) is 11.0. The first-order valence-corrected chi connectivity index (χ1v) is 5.33. The number of ether oxygens (including phenoxy) is 2. The van der Waals surface area contributed by atoms with Crippen LogP contribution in [0.4, 0.5) is 0 Å². The molecular formula is C12H15NO3. The van der Waals surface area contributed by atoms with E-state index in [9.17, 15) is 0 Å². The van der Waals surface area contributed by atoms with Crippen LogP contribution in [0.1, 0.15) is 18.9 Å². The highest BCUT2D eigenvalue weighted by Gasteiger charge is 2.17. The molecule has 1 aliphatic heterocycles. The van der Waals surface area contributed by atoms with Crippen molar-refractivity contribution in [1.29, 1.82) is 0 Å². The van der Waals surface area contributed by atoms with E-state index in [1.165, 1.54) is 0 Å². The Morgan fingerprint density at radius 1 is 1.56 bits per heavy atom. The van der Waals surface area contributed by atoms with E-state index in [1.54, 1.807) is 6.92 Å². The number of hydrogen-bond acceptors (Lipinski definition) is 4. The second-order valence-electron chi connectivity index (χ2n) is 3.82. The lowest BCUT2D eigenvalue weighted by atomic mass is 10.1. The zero-order chi connectivity index (χ0) is 11.4. The lowest BCUT2D eigenvalue weighted by molar-refractivity contribution is 0.141. The summed E-state index contributed by atoms with van der Waals surface area (Å²) in [7, 11) is 0. The predicted octanol–water partition coefficient (Wildman–Crippen LogP) is 2.05. The molecule has 1 saturated heterocycles. The van der Waals surface area contributed by atoms with Crippen molar-refractivity contribution in [3.8, 4) is 5.75 Å². The Hall–Kier alpha value is -1.55. The monoisotopic (exact) mass is 221 g/mol. The second kappa shape index (κ2) is 4.99. The number of benzene rings is 1. The van der Waals surface area contributed by atoms with E-state index in [4.69, 9.17) is 14.7 Å². The minimum Gasteiger partial charge on any atom is -0.488 e. The van der Waals surface area contributed by atoms with Gasteiger partial charge in [0.05, 0.1) is 18.9 Å². The minimum absolute atomic E-state index is 0.140. The smallest absolute Gasteiger partial charge is 0.124 e. The van der Waals surface area contributed by atoms with Gasteiger partial charge in [0, 0.05) is 12.0 Å². The number of oxime groups is 1. The number of rotatable bonds is 3. The number of nitrogens with zero attached hydrogens (tertiary/aromatic N) is 1. The molecule has 1 N–H and O–H groups in total. The summed E-state index contributed by atoms with van der Waals surface area (Å²) in [5.74, 6) is 0.788. The highest BCUT2D eigenvalue weighted by Crippen LogP contribution is 2.18. The van der Waals surface area contributed by atoms with Gasteiger partial charge in [-0.15, -0.1) is 0 Å². The molecule has 0 aliphatic carbocycles. The Labute approximate surface area is 94.5 Å². The van der Waals surface area contributed by atoms with E-state index >= 15 is 0 Å². The molecular weight excluding hydrogens is 206 g/mol. The maximum absolute atomic E-state index is 8.69. The highest BCUT2D eigenvalue weighted by molar-refractivity contribution is 5.98. The van der Waals surface area contributed by atoms with Crippen molar-refractivity contribution in [3.05, 3.63) is 29.8 Å². The van der Waals surface area contributed by atoms with Gasteiger partial charge in [-0.05, 0) is 19.1 Å². The molecule has 1 aromatic carbocycles. The highest BCUT2D eigenvalue weighted by atomic mass is 16.5. The summed E-state index contributed by atoms with van der Waals surface area (Å²) in [6.07, 6.45) is 1.07. The first-order valence-electron chi connectivity index (χ1n) is 5.33. The van der Waals surface area contributed by atoms with Gasteiger partial charge in [-0.2, -0.15) is 0 Å². The third kappa shape index (κ3) is 2.52. The summed E-state index contributed by atoms with van der Waals surface area (Å²) < 4.78 is 11.0. The fourth-order valence-corrected chi connectivity index (χ4v) is 1.65. The largest absolute Gasteiger partial charge is 0.488 e. The molecule has 0 bridgehead atoms. The van der Waals surface area contributed by atoms with Gasteiger partial charge in [0.15, 0.2) is 0 Å². The summed E-state index contributed by atoms with van der Waals surface area (Å²) >= 11 is 0. The third-order valence-corrected chi connectivity index (χ3v) is 2.59. The van der Waals surface area contributed by atoms with Crippen LogP contribution in [0.15, 0.2) is 29.4 Å². The van der Waals surface area contributed by atoms with Crippen LogP contribution < -0.4 is 4.74 Å². The van der Waals surface area contributed by atoms with Crippen molar-refractivity contribution in [3.63, 3.8) is 0 Å². The molecule has 2 rings (SSSR count). The van der Waals surface area contributed by atoms with Crippen LogP contribution in [0.5, 0.6) is 5.75 Å². The van der Waals surface area contributed by atoms with E-state index < -0.39 is 0 Å². The molecule has 16 heavy (non-hydrogen) atoms. The maximum Gasteiger partial charge on any atom is 0.124 e. The summed E-state index contributed by atoms with van der Waals surface area (Å²) in [5.41, 5.74) is 1.44. The van der Waals surface area contributed by atoms with Gasteiger partial charge in [-0.25, -0.2) is 0 Å². The normalized spacial score (nSPS) is 21.1. The van der Waals surface area contributed by atoms with E-state index in [0.29, 0.717) is 12.3 Å². The molecule has 0 saturated carbocycles. The summed E-state index contributed by atoms with van der Waals surface area (Å²) in [6, 6.07) is 7.53. The Bertz CT molecular complexity index is 384. The fourth-order valence-electron chi connectivity index (χ4n) is 1.65. The van der Waals surface area contributed by atoms with Gasteiger partial charge in [-0.1, -0.05) is 17.3 Å². The molecule has 1 atom stereocenters. The molecule has 1 unspecified atom stereocenters. The van der Waals surface area contributed by atoms with Gasteiger partial charge >= 0.3 is 0 Å². The van der Waals surface area contributed by atoms with E-state index in [-0.39, 0.29) is 6.10 Å². The van der Waals surface area contributed by atoms with Crippen molar-refractivity contribution in [2.24, 2.45) is 5.16 Å². The Morgan fingerprint density at radius 3 is 3.12 bits per heavy atom. The Kier molecular flexibility index (Phi) is 3.41. The van der Waals surface area contributed by atoms with Crippen molar-refractivity contribution in [2.75, 3.05) is 13.2 Å². The SMILES string of the molecule is CC(=NO)c1cccc(OC2CCOC2)c1. The van der Waals surface area contributed by atoms with Crippen LogP contribution in [0, 0.1) is 0 Å². The Balaban J connectivity index is 2.09. The van der Waals surface area contributed by atoms with Crippen LogP contribution in [0.3, 0.4) is 0 Å². The van der Waals surface area contributed by atoms with E-state index in [0.717, 1.165) is 24.3 Å². The minimum atomic E-state index is 0.140. The molecule has 1 aliphatic rings. The molecule has 4 heteroatoms. The molecule has 0 aromatic heterocycles. The molecule has 4 nitrogen and oxygen atoms in total. The van der Waals surface area contributed by atoms with Crippen LogP contribution >= 0.6 is 0 Å². The average Bonchev–Trinajstić information content (AvgIpc) is 2.81. The molecule has 1 aromatic rings. The van der Waals surface area contributed by atoms with Crippen LogP contribution in [0.25, 0.3) is 0 Å². The van der Waals surface area contributed by atoms with E-state index in [2.05, 4.69) is 5.16 Å². The topological polar surface area (TPSA) is 51.1 Å². The van der Waals surface area contributed by atoms with Crippen LogP contribution in [-0.4, -0.2) is 30.2 Å². The quantitative estimate of drug-likeness (QED) is 0.483. The molecule has 0 spiro atoms. The molecule has 1 fully saturated rings. The van der Waals surface area contributed by atoms with Gasteiger partial charge in [0.2, 0.25) is 0 Å². The predicted molar refractivity (Wildman–Crippen MR) is 60.3 cm³/mol.